The molecule has 0 radical (unpaired) electrons. The molecule has 0 unspecified atom stereocenters. The number of ether oxygens (including phenoxy) is 2. The van der Waals surface area contributed by atoms with Gasteiger partial charge in [0.25, 0.3) is 0 Å². The fourth-order valence-electron chi connectivity index (χ4n) is 0.731. The number of hydrogen-bond acceptors (Lipinski definition) is 6. The fraction of sp³-hybridized carbons (Fsp3) is 0.500. The summed E-state index contributed by atoms with van der Waals surface area (Å²) in [4.78, 5) is 28.8. The molecule has 8 nitrogen and oxygen atoms in total. The van der Waals surface area contributed by atoms with Crippen LogP contribution < -0.4 is 5.32 Å². The summed E-state index contributed by atoms with van der Waals surface area (Å²) in [5, 5.41) is 10.5. The molecule has 0 aliphatic carbocycles. The van der Waals surface area contributed by atoms with Gasteiger partial charge in [0, 0.05) is 0 Å². The summed E-state index contributed by atoms with van der Waals surface area (Å²) in [6.45, 7) is 6.45. The Hall–Kier alpha value is -2.26. The predicted octanol–water partition coefficient (Wildman–Crippen LogP) is 1.40. The Morgan fingerprint density at radius 3 is 2.79 bits per heavy atom. The number of carbonyl (C=O) groups excluding carboxylic acids is 2. The molecular formula is C10H12N4O4S. The van der Waals surface area contributed by atoms with Crippen molar-refractivity contribution in [1.82, 2.24) is 5.32 Å². The summed E-state index contributed by atoms with van der Waals surface area (Å²) in [5.74, 6) is 0. The number of carbonyl (C=O) groups is 2. The van der Waals surface area contributed by atoms with Gasteiger partial charge in [-0.25, -0.2) is 16.2 Å². The van der Waals surface area contributed by atoms with Crippen LogP contribution in [0.15, 0.2) is 4.99 Å². The molecule has 0 saturated carbocycles. The molecule has 0 spiro atoms. The van der Waals surface area contributed by atoms with Crippen LogP contribution in [-0.4, -0.2) is 43.4 Å². The van der Waals surface area contributed by atoms with Crippen molar-refractivity contribution < 1.29 is 19.1 Å². The van der Waals surface area contributed by atoms with E-state index in [0.717, 1.165) is 11.8 Å². The lowest BCUT2D eigenvalue weighted by Crippen LogP contribution is -2.30. The maximum atomic E-state index is 11.2. The number of nitrogens with one attached hydrogen (secondary N) is 1. The Morgan fingerprint density at radius 2 is 2.21 bits per heavy atom. The van der Waals surface area contributed by atoms with Gasteiger partial charge in [0.05, 0.1) is 12.5 Å². The van der Waals surface area contributed by atoms with Crippen molar-refractivity contribution in [1.29, 1.82) is 5.26 Å². The fourth-order valence-corrected chi connectivity index (χ4v) is 1.08. The Bertz CT molecular complexity index is 424. The van der Waals surface area contributed by atoms with Gasteiger partial charge in [0.1, 0.15) is 6.61 Å². The van der Waals surface area contributed by atoms with Crippen LogP contribution in [0.4, 0.5) is 9.59 Å². The van der Waals surface area contributed by atoms with Crippen molar-refractivity contribution >= 4 is 29.1 Å². The van der Waals surface area contributed by atoms with E-state index in [0.29, 0.717) is 0 Å². The second-order valence-corrected chi connectivity index (χ2v) is 3.58. The molecule has 0 aromatic carbocycles. The number of thioether (sulfide) groups is 1. The van der Waals surface area contributed by atoms with E-state index in [1.54, 1.807) is 6.26 Å². The van der Waals surface area contributed by atoms with Gasteiger partial charge in [0.2, 0.25) is 6.54 Å². The first-order valence-corrected chi connectivity index (χ1v) is 6.30. The number of nitriles is 1. The maximum Gasteiger partial charge on any atom is 0.436 e. The highest BCUT2D eigenvalue weighted by Crippen LogP contribution is 1.98. The zero-order valence-electron chi connectivity index (χ0n) is 10.2. The number of rotatable bonds is 4. The Morgan fingerprint density at radius 1 is 1.47 bits per heavy atom. The molecule has 0 aromatic heterocycles. The summed E-state index contributed by atoms with van der Waals surface area (Å²) < 4.78 is 9.24. The van der Waals surface area contributed by atoms with Crippen molar-refractivity contribution in [3.8, 4) is 6.07 Å². The van der Waals surface area contributed by atoms with Gasteiger partial charge < -0.3 is 14.3 Å². The van der Waals surface area contributed by atoms with Gasteiger partial charge >= 0.3 is 12.2 Å². The molecule has 0 aliphatic rings. The smallest absolute Gasteiger partial charge is 0.436 e. The van der Waals surface area contributed by atoms with E-state index in [1.165, 1.54) is 0 Å². The quantitative estimate of drug-likeness (QED) is 0.362. The van der Waals surface area contributed by atoms with Gasteiger partial charge in [-0.3, -0.25) is 5.32 Å². The second-order valence-electron chi connectivity index (χ2n) is 2.79. The molecule has 0 bridgehead atoms. The highest BCUT2D eigenvalue weighted by molar-refractivity contribution is 8.13. The normalized spacial score (nSPS) is 9.95. The van der Waals surface area contributed by atoms with E-state index in [2.05, 4.69) is 24.6 Å². The van der Waals surface area contributed by atoms with Crippen LogP contribution in [0.25, 0.3) is 4.85 Å². The van der Waals surface area contributed by atoms with E-state index in [1.807, 2.05) is 6.07 Å². The van der Waals surface area contributed by atoms with Gasteiger partial charge in [-0.1, -0.05) is 11.8 Å². The van der Waals surface area contributed by atoms with E-state index < -0.39 is 12.2 Å². The van der Waals surface area contributed by atoms with Gasteiger partial charge in [-0.05, 0) is 6.26 Å². The first-order chi connectivity index (χ1) is 9.13. The molecule has 9 heteroatoms. The molecule has 2 amide bonds. The molecule has 0 saturated heterocycles. The number of alkyl carbamates (subject to hydrolysis) is 1. The van der Waals surface area contributed by atoms with Crippen molar-refractivity contribution in [3.05, 3.63) is 11.4 Å². The molecule has 0 heterocycles. The van der Waals surface area contributed by atoms with E-state index in [9.17, 15) is 9.59 Å². The third-order valence-corrected chi connectivity index (χ3v) is 2.05. The van der Waals surface area contributed by atoms with E-state index >= 15 is 0 Å². The van der Waals surface area contributed by atoms with Gasteiger partial charge in [-0.15, -0.1) is 0 Å². The van der Waals surface area contributed by atoms with Gasteiger partial charge in [0.15, 0.2) is 11.8 Å². The highest BCUT2D eigenvalue weighted by Gasteiger charge is 2.09. The first kappa shape index (κ1) is 16.7. The zero-order chi connectivity index (χ0) is 14.5. The Labute approximate surface area is 114 Å². The SMILES string of the molecule is [C-]#[N+]CCOC(=O)/N=C(/NC(=O)OCCC#N)SC. The van der Waals surface area contributed by atoms with Crippen molar-refractivity contribution in [2.45, 2.75) is 6.42 Å². The van der Waals surface area contributed by atoms with Crippen molar-refractivity contribution in [2.24, 2.45) is 4.99 Å². The molecule has 0 fully saturated rings. The predicted molar refractivity (Wildman–Crippen MR) is 68.5 cm³/mol. The summed E-state index contributed by atoms with van der Waals surface area (Å²) in [5.41, 5.74) is 0. The molecule has 19 heavy (non-hydrogen) atoms. The minimum atomic E-state index is -0.898. The topological polar surface area (TPSA) is 105 Å². The van der Waals surface area contributed by atoms with Crippen LogP contribution in [0.5, 0.6) is 0 Å². The molecule has 0 aromatic rings. The summed E-state index contributed by atoms with van der Waals surface area (Å²) in [7, 11) is 0. The Kier molecular flexibility index (Phi) is 9.57. The van der Waals surface area contributed by atoms with Crippen molar-refractivity contribution in [2.75, 3.05) is 26.0 Å². The van der Waals surface area contributed by atoms with E-state index in [4.69, 9.17) is 11.8 Å². The second kappa shape index (κ2) is 10.9. The summed E-state index contributed by atoms with van der Waals surface area (Å²) in [6.07, 6.45) is -0.0267. The van der Waals surface area contributed by atoms with Crippen LogP contribution in [0, 0.1) is 17.9 Å². The van der Waals surface area contributed by atoms with Crippen LogP contribution in [0.3, 0.4) is 0 Å². The molecule has 0 aliphatic heterocycles. The van der Waals surface area contributed by atoms with Crippen LogP contribution in [0.1, 0.15) is 6.42 Å². The van der Waals surface area contributed by atoms with Crippen LogP contribution in [0.2, 0.25) is 0 Å². The standard InChI is InChI=1S/C10H12N4O4S/c1-12-5-7-18-10(16)14-8(19-2)13-9(15)17-6-3-4-11/h3,5-7H2,2H3,(H,13,14,15,16). The van der Waals surface area contributed by atoms with E-state index in [-0.39, 0.29) is 31.3 Å². The lowest BCUT2D eigenvalue weighted by molar-refractivity contribution is 0.154. The molecular weight excluding hydrogens is 272 g/mol. The monoisotopic (exact) mass is 284 g/mol. The third-order valence-electron chi connectivity index (χ3n) is 1.47. The number of aliphatic imine (C=N–C) groups is 1. The first-order valence-electron chi connectivity index (χ1n) is 5.07. The average molecular weight is 284 g/mol. The summed E-state index contributed by atoms with van der Waals surface area (Å²) in [6, 6.07) is 1.81. The molecule has 0 atom stereocenters. The molecule has 102 valence electrons. The average Bonchev–Trinajstić information content (AvgIpc) is 2.38. The number of hydrogen-bond donors (Lipinski definition) is 1. The largest absolute Gasteiger partial charge is 0.448 e. The van der Waals surface area contributed by atoms with Crippen molar-refractivity contribution in [3.63, 3.8) is 0 Å². The minimum Gasteiger partial charge on any atom is -0.448 e. The molecule has 1 N–H and O–H groups in total. The summed E-state index contributed by atoms with van der Waals surface area (Å²) >= 11 is 1.02. The van der Waals surface area contributed by atoms with Crippen LogP contribution >= 0.6 is 11.8 Å². The zero-order valence-corrected chi connectivity index (χ0v) is 11.0. The third kappa shape index (κ3) is 9.44. The lowest BCUT2D eigenvalue weighted by atomic mass is 10.5. The number of amides is 2. The van der Waals surface area contributed by atoms with Gasteiger partial charge in [-0.2, -0.15) is 10.3 Å². The Balaban J connectivity index is 4.18. The number of amidine groups is 1. The lowest BCUT2D eigenvalue weighted by Gasteiger charge is -2.05. The van der Waals surface area contributed by atoms with Crippen LogP contribution in [-0.2, 0) is 9.47 Å². The molecule has 0 rings (SSSR count). The highest BCUT2D eigenvalue weighted by atomic mass is 32.2. The minimum absolute atomic E-state index is 0.00905. The number of nitrogens with zero attached hydrogens (tertiary/aromatic N) is 3. The maximum absolute atomic E-state index is 11.2.